The number of rotatable bonds is 5. The van der Waals surface area contributed by atoms with Crippen LogP contribution in [-0.2, 0) is 4.79 Å². The highest BCUT2D eigenvalue weighted by molar-refractivity contribution is 5.89. The molecule has 2 amide bonds. The molecule has 3 N–H and O–H groups in total. The highest BCUT2D eigenvalue weighted by Crippen LogP contribution is 2.17. The molecule has 0 saturated heterocycles. The van der Waals surface area contributed by atoms with E-state index >= 15 is 0 Å². The molecule has 0 bridgehead atoms. The number of nitrogens with one attached hydrogen (secondary N) is 2. The smallest absolute Gasteiger partial charge is 0.319 e. The number of hydrogen-bond donors (Lipinski definition) is 3. The Bertz CT molecular complexity index is 432. The Balaban J connectivity index is 2.43. The molecular formula is C11H12F2N2O3. The van der Waals surface area contributed by atoms with Crippen molar-refractivity contribution in [2.75, 3.05) is 11.9 Å². The molecule has 0 aliphatic heterocycles. The van der Waals surface area contributed by atoms with E-state index in [0.29, 0.717) is 0 Å². The number of carbonyl (C=O) groups is 2. The van der Waals surface area contributed by atoms with Crippen molar-refractivity contribution in [2.24, 2.45) is 0 Å². The molecule has 0 atom stereocenters. The lowest BCUT2D eigenvalue weighted by Crippen LogP contribution is -2.30. The Kier molecular flexibility index (Phi) is 5.04. The first kappa shape index (κ1) is 13.9. The number of halogens is 2. The summed E-state index contributed by atoms with van der Waals surface area (Å²) in [6.45, 7) is 0.105. The van der Waals surface area contributed by atoms with Crippen molar-refractivity contribution in [3.8, 4) is 0 Å². The quantitative estimate of drug-likeness (QED) is 0.706. The number of hydrogen-bond acceptors (Lipinski definition) is 2. The fraction of sp³-hybridized carbons (Fsp3) is 0.273. The van der Waals surface area contributed by atoms with Gasteiger partial charge in [0, 0.05) is 13.0 Å². The second kappa shape index (κ2) is 6.53. The Morgan fingerprint density at radius 2 is 1.83 bits per heavy atom. The Morgan fingerprint density at radius 3 is 2.39 bits per heavy atom. The van der Waals surface area contributed by atoms with Gasteiger partial charge in [-0.15, -0.1) is 0 Å². The van der Waals surface area contributed by atoms with Crippen molar-refractivity contribution in [1.82, 2.24) is 5.32 Å². The highest BCUT2D eigenvalue weighted by atomic mass is 19.1. The van der Waals surface area contributed by atoms with Crippen molar-refractivity contribution in [2.45, 2.75) is 12.8 Å². The fourth-order valence-corrected chi connectivity index (χ4v) is 1.22. The van der Waals surface area contributed by atoms with E-state index in [-0.39, 0.29) is 19.4 Å². The molecule has 0 spiro atoms. The number of carboxylic acid groups (broad SMARTS) is 1. The normalized spacial score (nSPS) is 9.89. The van der Waals surface area contributed by atoms with Crippen LogP contribution in [0.2, 0.25) is 0 Å². The van der Waals surface area contributed by atoms with Gasteiger partial charge in [-0.3, -0.25) is 4.79 Å². The minimum atomic E-state index is -0.975. The van der Waals surface area contributed by atoms with Crippen LogP contribution in [0.5, 0.6) is 0 Å². The van der Waals surface area contributed by atoms with Crippen LogP contribution < -0.4 is 10.6 Å². The maximum atomic E-state index is 13.1. The zero-order valence-corrected chi connectivity index (χ0v) is 9.37. The molecule has 1 aromatic rings. The predicted octanol–water partition coefficient (Wildman–Crippen LogP) is 1.95. The molecule has 0 aliphatic rings. The summed E-state index contributed by atoms with van der Waals surface area (Å²) >= 11 is 0. The van der Waals surface area contributed by atoms with Crippen LogP contribution in [0.25, 0.3) is 0 Å². The Hall–Kier alpha value is -2.18. The topological polar surface area (TPSA) is 78.4 Å². The third kappa shape index (κ3) is 4.36. The number of para-hydroxylation sites is 1. The standard InChI is InChI=1S/C11H12F2N2O3/c12-7-3-1-4-8(13)10(7)15-11(18)14-6-2-5-9(16)17/h1,3-4H,2,5-6H2,(H,16,17)(H2,14,15,18). The molecule has 98 valence electrons. The van der Waals surface area contributed by atoms with Gasteiger partial charge in [0.05, 0.1) is 0 Å². The maximum Gasteiger partial charge on any atom is 0.319 e. The zero-order valence-electron chi connectivity index (χ0n) is 9.37. The van der Waals surface area contributed by atoms with Crippen LogP contribution >= 0.6 is 0 Å². The summed E-state index contributed by atoms with van der Waals surface area (Å²) in [5.41, 5.74) is -0.534. The third-order valence-corrected chi connectivity index (χ3v) is 2.05. The summed E-state index contributed by atoms with van der Waals surface area (Å²) in [5.74, 6) is -2.73. The van der Waals surface area contributed by atoms with Gasteiger partial charge in [-0.1, -0.05) is 6.07 Å². The monoisotopic (exact) mass is 258 g/mol. The van der Waals surface area contributed by atoms with Gasteiger partial charge in [0.15, 0.2) is 0 Å². The number of amides is 2. The van der Waals surface area contributed by atoms with Gasteiger partial charge in [-0.25, -0.2) is 13.6 Å². The van der Waals surface area contributed by atoms with Crippen LogP contribution in [0, 0.1) is 11.6 Å². The summed E-state index contributed by atoms with van der Waals surface area (Å²) in [7, 11) is 0. The van der Waals surface area contributed by atoms with Gasteiger partial charge in [-0.05, 0) is 18.6 Å². The van der Waals surface area contributed by atoms with E-state index in [1.165, 1.54) is 6.07 Å². The molecule has 1 rings (SSSR count). The average Bonchev–Trinajstić information content (AvgIpc) is 2.29. The van der Waals surface area contributed by atoms with Crippen molar-refractivity contribution in [3.63, 3.8) is 0 Å². The van der Waals surface area contributed by atoms with Crippen LogP contribution in [-0.4, -0.2) is 23.7 Å². The first-order chi connectivity index (χ1) is 8.50. The molecule has 7 heteroatoms. The van der Waals surface area contributed by atoms with Crippen LogP contribution in [0.3, 0.4) is 0 Å². The lowest BCUT2D eigenvalue weighted by atomic mass is 10.3. The molecule has 0 saturated carbocycles. The highest BCUT2D eigenvalue weighted by Gasteiger charge is 2.11. The molecule has 0 aliphatic carbocycles. The first-order valence-corrected chi connectivity index (χ1v) is 5.21. The van der Waals surface area contributed by atoms with Gasteiger partial charge in [0.2, 0.25) is 0 Å². The lowest BCUT2D eigenvalue weighted by molar-refractivity contribution is -0.137. The summed E-state index contributed by atoms with van der Waals surface area (Å²) < 4.78 is 26.3. The van der Waals surface area contributed by atoms with Crippen molar-refractivity contribution >= 4 is 17.7 Å². The maximum absolute atomic E-state index is 13.1. The SMILES string of the molecule is O=C(O)CCCNC(=O)Nc1c(F)cccc1F. The Morgan fingerprint density at radius 1 is 1.22 bits per heavy atom. The third-order valence-electron chi connectivity index (χ3n) is 2.05. The molecule has 18 heavy (non-hydrogen) atoms. The van der Waals surface area contributed by atoms with E-state index in [4.69, 9.17) is 5.11 Å². The van der Waals surface area contributed by atoms with Gasteiger partial charge in [0.1, 0.15) is 17.3 Å². The number of benzene rings is 1. The summed E-state index contributed by atoms with van der Waals surface area (Å²) in [6, 6.07) is 2.43. The minimum Gasteiger partial charge on any atom is -0.481 e. The average molecular weight is 258 g/mol. The molecule has 0 heterocycles. The van der Waals surface area contributed by atoms with E-state index in [9.17, 15) is 18.4 Å². The Labute approximate surface area is 102 Å². The van der Waals surface area contributed by atoms with E-state index in [1.54, 1.807) is 0 Å². The largest absolute Gasteiger partial charge is 0.481 e. The molecule has 0 radical (unpaired) electrons. The predicted molar refractivity (Wildman–Crippen MR) is 60.2 cm³/mol. The van der Waals surface area contributed by atoms with Crippen LogP contribution in [0.4, 0.5) is 19.3 Å². The van der Waals surface area contributed by atoms with Gasteiger partial charge < -0.3 is 15.7 Å². The van der Waals surface area contributed by atoms with E-state index < -0.39 is 29.3 Å². The molecule has 5 nitrogen and oxygen atoms in total. The molecule has 0 fully saturated rings. The van der Waals surface area contributed by atoms with Crippen molar-refractivity contribution < 1.29 is 23.5 Å². The second-order valence-electron chi connectivity index (χ2n) is 3.47. The van der Waals surface area contributed by atoms with E-state index in [2.05, 4.69) is 5.32 Å². The second-order valence-corrected chi connectivity index (χ2v) is 3.47. The first-order valence-electron chi connectivity index (χ1n) is 5.21. The number of anilines is 1. The fourth-order valence-electron chi connectivity index (χ4n) is 1.22. The number of aliphatic carboxylic acids is 1. The van der Waals surface area contributed by atoms with E-state index in [1.807, 2.05) is 5.32 Å². The molecule has 0 aromatic heterocycles. The zero-order chi connectivity index (χ0) is 13.5. The number of carbonyl (C=O) groups excluding carboxylic acids is 1. The number of urea groups is 1. The van der Waals surface area contributed by atoms with Crippen molar-refractivity contribution in [1.29, 1.82) is 0 Å². The summed E-state index contributed by atoms with van der Waals surface area (Å²) in [4.78, 5) is 21.5. The lowest BCUT2D eigenvalue weighted by Gasteiger charge is -2.08. The van der Waals surface area contributed by atoms with Crippen LogP contribution in [0.1, 0.15) is 12.8 Å². The minimum absolute atomic E-state index is 0.0889. The molecule has 1 aromatic carbocycles. The molecule has 0 unspecified atom stereocenters. The number of carboxylic acids is 1. The summed E-state index contributed by atoms with van der Waals surface area (Å²) in [5, 5.41) is 12.7. The van der Waals surface area contributed by atoms with Gasteiger partial charge in [0.25, 0.3) is 0 Å². The van der Waals surface area contributed by atoms with Crippen LogP contribution in [0.15, 0.2) is 18.2 Å². The molecular weight excluding hydrogens is 246 g/mol. The van der Waals surface area contributed by atoms with Crippen molar-refractivity contribution in [3.05, 3.63) is 29.8 Å². The van der Waals surface area contributed by atoms with Gasteiger partial charge >= 0.3 is 12.0 Å². The summed E-state index contributed by atoms with van der Waals surface area (Å²) in [6.07, 6.45) is 0.150. The van der Waals surface area contributed by atoms with E-state index in [0.717, 1.165) is 12.1 Å². The van der Waals surface area contributed by atoms with Gasteiger partial charge in [-0.2, -0.15) is 0 Å².